The molecule has 0 amide bonds. The van der Waals surface area contributed by atoms with Crippen molar-refractivity contribution in [3.05, 3.63) is 70.2 Å². The van der Waals surface area contributed by atoms with E-state index in [2.05, 4.69) is 89.7 Å². The summed E-state index contributed by atoms with van der Waals surface area (Å²) in [5.74, 6) is 0. The van der Waals surface area contributed by atoms with Crippen molar-refractivity contribution >= 4 is 15.9 Å². The molecule has 0 spiro atoms. The number of hydrogen-bond acceptors (Lipinski definition) is 1. The molecule has 2 heteroatoms. The maximum absolute atomic E-state index is 3.80. The van der Waals surface area contributed by atoms with Crippen LogP contribution in [0.4, 0.5) is 0 Å². The van der Waals surface area contributed by atoms with Gasteiger partial charge < -0.3 is 5.32 Å². The summed E-state index contributed by atoms with van der Waals surface area (Å²) >= 11 is 3.66. The van der Waals surface area contributed by atoms with Gasteiger partial charge in [0.1, 0.15) is 0 Å². The van der Waals surface area contributed by atoms with Crippen molar-refractivity contribution in [1.29, 1.82) is 0 Å². The standard InChI is InChI=1S/C19H24BrN/c1-3-4-14-19(16-10-6-5-7-11-16)21-15(2)17-12-8-9-13-18(17)20/h5-13,15,19,21H,3-4,14H2,1-2H3. The minimum atomic E-state index is 0.322. The maximum Gasteiger partial charge on any atom is 0.0325 e. The quantitative estimate of drug-likeness (QED) is 0.645. The third-order valence-electron chi connectivity index (χ3n) is 3.87. The molecule has 0 saturated heterocycles. The van der Waals surface area contributed by atoms with Gasteiger partial charge >= 0.3 is 0 Å². The van der Waals surface area contributed by atoms with Crippen molar-refractivity contribution in [3.63, 3.8) is 0 Å². The molecule has 1 N–H and O–H groups in total. The predicted molar refractivity (Wildman–Crippen MR) is 94.4 cm³/mol. The Labute approximate surface area is 136 Å². The Hall–Kier alpha value is -1.12. The van der Waals surface area contributed by atoms with Crippen molar-refractivity contribution in [2.75, 3.05) is 0 Å². The third-order valence-corrected chi connectivity index (χ3v) is 4.59. The van der Waals surface area contributed by atoms with E-state index in [0.29, 0.717) is 12.1 Å². The van der Waals surface area contributed by atoms with Gasteiger partial charge in [0.15, 0.2) is 0 Å². The fourth-order valence-corrected chi connectivity index (χ4v) is 3.29. The van der Waals surface area contributed by atoms with Gasteiger partial charge in [0.2, 0.25) is 0 Å². The Balaban J connectivity index is 2.13. The molecule has 0 aliphatic rings. The van der Waals surface area contributed by atoms with Crippen LogP contribution in [0.2, 0.25) is 0 Å². The van der Waals surface area contributed by atoms with Crippen LogP contribution in [0.5, 0.6) is 0 Å². The average molecular weight is 346 g/mol. The zero-order valence-electron chi connectivity index (χ0n) is 12.9. The lowest BCUT2D eigenvalue weighted by Gasteiger charge is -2.25. The molecule has 2 atom stereocenters. The number of benzene rings is 2. The smallest absolute Gasteiger partial charge is 0.0325 e. The average Bonchev–Trinajstić information content (AvgIpc) is 2.52. The van der Waals surface area contributed by atoms with Crippen LogP contribution in [0, 0.1) is 0 Å². The minimum absolute atomic E-state index is 0.322. The molecule has 0 fully saturated rings. The molecule has 0 aromatic heterocycles. The number of halogens is 1. The molecule has 112 valence electrons. The maximum atomic E-state index is 3.80. The molecule has 0 aliphatic carbocycles. The summed E-state index contributed by atoms with van der Waals surface area (Å²) in [6.45, 7) is 4.49. The summed E-state index contributed by atoms with van der Waals surface area (Å²) in [4.78, 5) is 0. The van der Waals surface area contributed by atoms with E-state index < -0.39 is 0 Å². The van der Waals surface area contributed by atoms with Gasteiger partial charge in [-0.1, -0.05) is 84.2 Å². The fourth-order valence-electron chi connectivity index (χ4n) is 2.66. The van der Waals surface area contributed by atoms with Gasteiger partial charge in [0.25, 0.3) is 0 Å². The molecule has 2 unspecified atom stereocenters. The van der Waals surface area contributed by atoms with E-state index in [1.165, 1.54) is 34.9 Å². The lowest BCUT2D eigenvalue weighted by Crippen LogP contribution is -2.25. The zero-order valence-corrected chi connectivity index (χ0v) is 14.4. The molecule has 2 rings (SSSR count). The lowest BCUT2D eigenvalue weighted by atomic mass is 9.99. The van der Waals surface area contributed by atoms with Gasteiger partial charge in [-0.2, -0.15) is 0 Å². The van der Waals surface area contributed by atoms with Crippen LogP contribution in [0.15, 0.2) is 59.1 Å². The predicted octanol–water partition coefficient (Wildman–Crippen LogP) is 6.03. The van der Waals surface area contributed by atoms with Crippen LogP contribution < -0.4 is 5.32 Å². The van der Waals surface area contributed by atoms with Gasteiger partial charge in [-0.25, -0.2) is 0 Å². The minimum Gasteiger partial charge on any atom is -0.303 e. The van der Waals surface area contributed by atoms with Gasteiger partial charge in [0.05, 0.1) is 0 Å². The van der Waals surface area contributed by atoms with E-state index in [1.807, 2.05) is 0 Å². The van der Waals surface area contributed by atoms with Crippen LogP contribution in [-0.2, 0) is 0 Å². The van der Waals surface area contributed by atoms with Crippen LogP contribution in [-0.4, -0.2) is 0 Å². The van der Waals surface area contributed by atoms with Gasteiger partial charge in [-0.15, -0.1) is 0 Å². The first-order chi connectivity index (χ1) is 10.2. The molecular weight excluding hydrogens is 322 g/mol. The lowest BCUT2D eigenvalue weighted by molar-refractivity contribution is 0.431. The first kappa shape index (κ1) is 16.3. The van der Waals surface area contributed by atoms with Crippen molar-refractivity contribution < 1.29 is 0 Å². The van der Waals surface area contributed by atoms with E-state index >= 15 is 0 Å². The molecular formula is C19H24BrN. The van der Waals surface area contributed by atoms with Crippen molar-refractivity contribution in [3.8, 4) is 0 Å². The third kappa shape index (κ3) is 4.69. The Morgan fingerprint density at radius 2 is 1.67 bits per heavy atom. The van der Waals surface area contributed by atoms with Gasteiger partial charge in [-0.05, 0) is 30.5 Å². The number of rotatable bonds is 7. The molecule has 0 aliphatic heterocycles. The van der Waals surface area contributed by atoms with Gasteiger partial charge in [0, 0.05) is 16.6 Å². The number of unbranched alkanes of at least 4 members (excludes halogenated alkanes) is 1. The molecule has 0 radical (unpaired) electrons. The Bertz CT molecular complexity index is 538. The summed E-state index contributed by atoms with van der Waals surface area (Å²) in [6, 6.07) is 20.0. The topological polar surface area (TPSA) is 12.0 Å². The van der Waals surface area contributed by atoms with Crippen LogP contribution >= 0.6 is 15.9 Å². The highest BCUT2D eigenvalue weighted by Crippen LogP contribution is 2.27. The first-order valence-corrected chi connectivity index (χ1v) is 8.57. The van der Waals surface area contributed by atoms with Crippen molar-refractivity contribution in [2.24, 2.45) is 0 Å². The number of nitrogens with one attached hydrogen (secondary N) is 1. The van der Waals surface area contributed by atoms with Crippen LogP contribution in [0.1, 0.15) is 56.3 Å². The molecule has 2 aromatic rings. The monoisotopic (exact) mass is 345 g/mol. The number of hydrogen-bond donors (Lipinski definition) is 1. The largest absolute Gasteiger partial charge is 0.303 e. The van der Waals surface area contributed by atoms with E-state index in [0.717, 1.165) is 0 Å². The first-order valence-electron chi connectivity index (χ1n) is 7.77. The highest BCUT2D eigenvalue weighted by atomic mass is 79.9. The summed E-state index contributed by atoms with van der Waals surface area (Å²) in [5, 5.41) is 3.80. The molecule has 0 saturated carbocycles. The Morgan fingerprint density at radius 3 is 2.33 bits per heavy atom. The van der Waals surface area contributed by atoms with E-state index in [4.69, 9.17) is 0 Å². The fraction of sp³-hybridized carbons (Fsp3) is 0.368. The SMILES string of the molecule is CCCCC(NC(C)c1ccccc1Br)c1ccccc1. The van der Waals surface area contributed by atoms with Crippen LogP contribution in [0.3, 0.4) is 0 Å². The molecule has 1 nitrogen and oxygen atoms in total. The van der Waals surface area contributed by atoms with Gasteiger partial charge in [-0.3, -0.25) is 0 Å². The highest BCUT2D eigenvalue weighted by Gasteiger charge is 2.16. The van der Waals surface area contributed by atoms with Crippen molar-refractivity contribution in [1.82, 2.24) is 5.32 Å². The Morgan fingerprint density at radius 1 is 1.00 bits per heavy atom. The summed E-state index contributed by atoms with van der Waals surface area (Å²) in [7, 11) is 0. The molecule has 2 aromatic carbocycles. The zero-order chi connectivity index (χ0) is 15.1. The normalized spacial score (nSPS) is 13.9. The van der Waals surface area contributed by atoms with Crippen LogP contribution in [0.25, 0.3) is 0 Å². The second-order valence-electron chi connectivity index (χ2n) is 5.52. The highest BCUT2D eigenvalue weighted by molar-refractivity contribution is 9.10. The Kier molecular flexibility index (Phi) is 6.47. The second kappa shape index (κ2) is 8.35. The van der Waals surface area contributed by atoms with E-state index in [1.54, 1.807) is 0 Å². The molecule has 0 heterocycles. The summed E-state index contributed by atoms with van der Waals surface area (Å²) in [6.07, 6.45) is 3.65. The molecule has 21 heavy (non-hydrogen) atoms. The molecule has 0 bridgehead atoms. The van der Waals surface area contributed by atoms with E-state index in [-0.39, 0.29) is 0 Å². The summed E-state index contributed by atoms with van der Waals surface area (Å²) in [5.41, 5.74) is 2.69. The second-order valence-corrected chi connectivity index (χ2v) is 6.37. The van der Waals surface area contributed by atoms with E-state index in [9.17, 15) is 0 Å². The summed E-state index contributed by atoms with van der Waals surface area (Å²) < 4.78 is 1.17. The van der Waals surface area contributed by atoms with Crippen molar-refractivity contribution in [2.45, 2.75) is 45.2 Å².